The molecule has 1 aliphatic heterocycles. The first-order valence-corrected chi connectivity index (χ1v) is 6.55. The average molecular weight is 280 g/mol. The van der Waals surface area contributed by atoms with Gasteiger partial charge >= 0.3 is 5.97 Å². The second kappa shape index (κ2) is 4.96. The molecular formula is C10H14ClNO2S2. The molecule has 1 saturated heterocycles. The van der Waals surface area contributed by atoms with Crippen molar-refractivity contribution < 1.29 is 27.6 Å². The molecule has 6 heteroatoms. The number of thioether (sulfide) groups is 1. The SMILES string of the molecule is CC1(C)SC(c2cccs2)[NH2+]C1C(=O)O.[Cl-]. The van der Waals surface area contributed by atoms with E-state index in [1.807, 2.05) is 30.6 Å². The molecule has 0 saturated carbocycles. The summed E-state index contributed by atoms with van der Waals surface area (Å²) in [6, 6.07) is 3.73. The summed E-state index contributed by atoms with van der Waals surface area (Å²) in [4.78, 5) is 12.3. The van der Waals surface area contributed by atoms with Crippen LogP contribution in [-0.2, 0) is 4.79 Å². The quantitative estimate of drug-likeness (QED) is 0.678. The van der Waals surface area contributed by atoms with E-state index in [1.54, 1.807) is 23.1 Å². The van der Waals surface area contributed by atoms with Crippen molar-refractivity contribution in [1.29, 1.82) is 0 Å². The topological polar surface area (TPSA) is 53.9 Å². The van der Waals surface area contributed by atoms with Gasteiger partial charge in [0.25, 0.3) is 0 Å². The van der Waals surface area contributed by atoms with Gasteiger partial charge in [0, 0.05) is 0 Å². The zero-order valence-electron chi connectivity index (χ0n) is 9.01. The van der Waals surface area contributed by atoms with Crippen molar-refractivity contribution in [2.24, 2.45) is 0 Å². The van der Waals surface area contributed by atoms with E-state index in [-0.39, 0.29) is 28.6 Å². The molecular weight excluding hydrogens is 266 g/mol. The average Bonchev–Trinajstić information content (AvgIpc) is 2.69. The van der Waals surface area contributed by atoms with Crippen LogP contribution in [0.4, 0.5) is 0 Å². The zero-order valence-corrected chi connectivity index (χ0v) is 11.4. The molecule has 0 bridgehead atoms. The van der Waals surface area contributed by atoms with Gasteiger partial charge in [-0.25, -0.2) is 4.79 Å². The maximum absolute atomic E-state index is 11.1. The van der Waals surface area contributed by atoms with E-state index in [2.05, 4.69) is 6.07 Å². The predicted octanol–water partition coefficient (Wildman–Crippen LogP) is -1.71. The van der Waals surface area contributed by atoms with E-state index in [1.165, 1.54) is 4.88 Å². The van der Waals surface area contributed by atoms with E-state index in [4.69, 9.17) is 5.11 Å². The first kappa shape index (κ1) is 13.8. The third-order valence-corrected chi connectivity index (χ3v) is 5.27. The Morgan fingerprint density at radius 1 is 1.56 bits per heavy atom. The van der Waals surface area contributed by atoms with Gasteiger partial charge in [-0.1, -0.05) is 17.8 Å². The van der Waals surface area contributed by atoms with Crippen LogP contribution in [0, 0.1) is 0 Å². The smallest absolute Gasteiger partial charge is 0.363 e. The lowest BCUT2D eigenvalue weighted by molar-refractivity contribution is -0.690. The first-order valence-electron chi connectivity index (χ1n) is 4.80. The molecule has 0 radical (unpaired) electrons. The van der Waals surface area contributed by atoms with Crippen molar-refractivity contribution in [2.45, 2.75) is 30.0 Å². The Bertz CT molecular complexity index is 367. The van der Waals surface area contributed by atoms with Gasteiger partial charge in [0.05, 0.1) is 9.62 Å². The van der Waals surface area contributed by atoms with Gasteiger partial charge in [0.1, 0.15) is 0 Å². The Hall–Kier alpha value is -0.230. The number of quaternary nitrogens is 1. The molecule has 3 N–H and O–H groups in total. The largest absolute Gasteiger partial charge is 1.00 e. The molecule has 1 aromatic heterocycles. The third kappa shape index (κ3) is 2.53. The highest BCUT2D eigenvalue weighted by Gasteiger charge is 2.50. The summed E-state index contributed by atoms with van der Waals surface area (Å²) in [6.45, 7) is 4.00. The second-order valence-corrected chi connectivity index (χ2v) is 6.94. The number of carbonyl (C=O) groups is 1. The van der Waals surface area contributed by atoms with Crippen molar-refractivity contribution in [1.82, 2.24) is 0 Å². The third-order valence-electron chi connectivity index (χ3n) is 2.64. The molecule has 2 rings (SSSR count). The molecule has 1 aliphatic rings. The lowest BCUT2D eigenvalue weighted by atomic mass is 10.0. The Balaban J connectivity index is 0.00000128. The van der Waals surface area contributed by atoms with E-state index in [9.17, 15) is 4.79 Å². The minimum absolute atomic E-state index is 0. The van der Waals surface area contributed by atoms with Crippen LogP contribution in [0.3, 0.4) is 0 Å². The van der Waals surface area contributed by atoms with E-state index >= 15 is 0 Å². The number of aliphatic carboxylic acids is 1. The van der Waals surface area contributed by atoms with Crippen LogP contribution < -0.4 is 17.7 Å². The first-order chi connectivity index (χ1) is 7.00. The van der Waals surface area contributed by atoms with E-state index < -0.39 is 5.97 Å². The van der Waals surface area contributed by atoms with Gasteiger partial charge in [-0.2, -0.15) is 0 Å². The fourth-order valence-electron chi connectivity index (χ4n) is 1.83. The van der Waals surface area contributed by atoms with Gasteiger partial charge in [-0.05, 0) is 25.3 Å². The van der Waals surface area contributed by atoms with Crippen molar-refractivity contribution in [3.63, 3.8) is 0 Å². The van der Waals surface area contributed by atoms with Crippen LogP contribution in [0.15, 0.2) is 17.5 Å². The summed E-state index contributed by atoms with van der Waals surface area (Å²) in [6.07, 6.45) is 0. The van der Waals surface area contributed by atoms with Crippen LogP contribution in [0.1, 0.15) is 24.1 Å². The molecule has 2 heterocycles. The van der Waals surface area contributed by atoms with Crippen molar-refractivity contribution >= 4 is 29.1 Å². The molecule has 0 spiro atoms. The van der Waals surface area contributed by atoms with Crippen molar-refractivity contribution in [3.05, 3.63) is 22.4 Å². The number of carboxylic acids is 1. The molecule has 16 heavy (non-hydrogen) atoms. The minimum Gasteiger partial charge on any atom is -1.00 e. The number of nitrogens with two attached hydrogens (primary N) is 1. The van der Waals surface area contributed by atoms with Crippen LogP contribution in [0.5, 0.6) is 0 Å². The number of hydrogen-bond donors (Lipinski definition) is 2. The number of hydrogen-bond acceptors (Lipinski definition) is 3. The highest BCUT2D eigenvalue weighted by molar-refractivity contribution is 8.01. The van der Waals surface area contributed by atoms with Gasteiger partial charge in [-0.15, -0.1) is 11.3 Å². The highest BCUT2D eigenvalue weighted by atomic mass is 35.5. The maximum Gasteiger partial charge on any atom is 0.363 e. The van der Waals surface area contributed by atoms with Crippen LogP contribution in [-0.4, -0.2) is 21.9 Å². The van der Waals surface area contributed by atoms with Crippen LogP contribution >= 0.6 is 23.1 Å². The van der Waals surface area contributed by atoms with Crippen LogP contribution in [0.2, 0.25) is 0 Å². The Kier molecular flexibility index (Phi) is 4.29. The predicted molar refractivity (Wildman–Crippen MR) is 62.1 cm³/mol. The van der Waals surface area contributed by atoms with Gasteiger partial charge in [-0.3, -0.25) is 0 Å². The summed E-state index contributed by atoms with van der Waals surface area (Å²) in [5, 5.41) is 13.3. The molecule has 3 nitrogen and oxygen atoms in total. The molecule has 90 valence electrons. The molecule has 0 aliphatic carbocycles. The fraction of sp³-hybridized carbons (Fsp3) is 0.500. The molecule has 2 unspecified atom stereocenters. The normalized spacial score (nSPS) is 27.4. The number of rotatable bonds is 2. The van der Waals surface area contributed by atoms with Crippen molar-refractivity contribution in [3.8, 4) is 0 Å². The Morgan fingerprint density at radius 2 is 2.25 bits per heavy atom. The molecule has 0 amide bonds. The molecule has 0 aromatic carbocycles. The highest BCUT2D eigenvalue weighted by Crippen LogP contribution is 2.41. The number of carboxylic acid groups (broad SMARTS) is 1. The van der Waals surface area contributed by atoms with Crippen molar-refractivity contribution in [2.75, 3.05) is 0 Å². The van der Waals surface area contributed by atoms with Gasteiger partial charge in [0.15, 0.2) is 11.4 Å². The Labute approximate surface area is 109 Å². The van der Waals surface area contributed by atoms with E-state index in [0.717, 1.165) is 0 Å². The molecule has 2 atom stereocenters. The molecule has 1 aromatic rings. The van der Waals surface area contributed by atoms with Gasteiger partial charge < -0.3 is 22.8 Å². The lowest BCUT2D eigenvalue weighted by Crippen LogP contribution is -3.00. The lowest BCUT2D eigenvalue weighted by Gasteiger charge is -2.16. The summed E-state index contributed by atoms with van der Waals surface area (Å²) < 4.78 is -0.208. The molecule has 1 fully saturated rings. The number of thiophene rings is 1. The summed E-state index contributed by atoms with van der Waals surface area (Å²) >= 11 is 3.43. The standard InChI is InChI=1S/C10H13NO2S2.ClH/c1-10(2)7(9(12)13)11-8(15-10)6-4-3-5-14-6;/h3-5,7-8,11H,1-2H3,(H,12,13);1H. The van der Waals surface area contributed by atoms with Crippen LogP contribution in [0.25, 0.3) is 0 Å². The van der Waals surface area contributed by atoms with E-state index in [0.29, 0.717) is 0 Å². The number of halogens is 1. The minimum atomic E-state index is -0.716. The summed E-state index contributed by atoms with van der Waals surface area (Å²) in [7, 11) is 0. The Morgan fingerprint density at radius 3 is 2.69 bits per heavy atom. The fourth-order valence-corrected chi connectivity index (χ4v) is 4.24. The summed E-state index contributed by atoms with van der Waals surface area (Å²) in [5.41, 5.74) is 0. The zero-order chi connectivity index (χ0) is 11.1. The second-order valence-electron chi connectivity index (χ2n) is 4.17. The van der Waals surface area contributed by atoms with Gasteiger partial charge in [0.2, 0.25) is 0 Å². The monoisotopic (exact) mass is 279 g/mol. The maximum atomic E-state index is 11.1. The summed E-state index contributed by atoms with van der Waals surface area (Å²) in [5.74, 6) is -0.716.